The molecule has 1 fully saturated rings. The van der Waals surface area contributed by atoms with Crippen molar-refractivity contribution in [1.29, 1.82) is 0 Å². The standard InChI is InChI=1S/C18H20N4O2/c1-3-16(23)22-12(2)9-10-15(22)18(24)20-14-11-19-21-17(14)13-7-5-4-6-8-13/h3-8,11-12,15H,1,9-10H2,2H3,(H,19,21)(H,20,24)/t12-,15-/m0/s1. The minimum Gasteiger partial charge on any atom is -0.324 e. The van der Waals surface area contributed by atoms with Gasteiger partial charge in [0.25, 0.3) is 0 Å². The Balaban J connectivity index is 1.80. The quantitative estimate of drug-likeness (QED) is 0.849. The van der Waals surface area contributed by atoms with E-state index in [2.05, 4.69) is 22.1 Å². The molecule has 3 rings (SSSR count). The van der Waals surface area contributed by atoms with Crippen molar-refractivity contribution < 1.29 is 9.59 Å². The number of aromatic nitrogens is 2. The van der Waals surface area contributed by atoms with E-state index in [4.69, 9.17) is 0 Å². The molecule has 1 aliphatic rings. The lowest BCUT2D eigenvalue weighted by Crippen LogP contribution is -2.45. The van der Waals surface area contributed by atoms with Gasteiger partial charge in [-0.25, -0.2) is 0 Å². The van der Waals surface area contributed by atoms with Crippen LogP contribution < -0.4 is 5.32 Å². The van der Waals surface area contributed by atoms with Crippen LogP contribution in [-0.2, 0) is 9.59 Å². The summed E-state index contributed by atoms with van der Waals surface area (Å²) in [6.45, 7) is 5.47. The first-order valence-corrected chi connectivity index (χ1v) is 7.96. The average Bonchev–Trinajstić information content (AvgIpc) is 3.21. The summed E-state index contributed by atoms with van der Waals surface area (Å²) in [5, 5.41) is 9.84. The summed E-state index contributed by atoms with van der Waals surface area (Å²) < 4.78 is 0. The summed E-state index contributed by atoms with van der Waals surface area (Å²) in [5.74, 6) is -0.413. The lowest BCUT2D eigenvalue weighted by molar-refractivity contribution is -0.134. The van der Waals surface area contributed by atoms with E-state index in [1.807, 2.05) is 37.3 Å². The van der Waals surface area contributed by atoms with E-state index >= 15 is 0 Å². The molecular formula is C18H20N4O2. The number of benzene rings is 1. The topological polar surface area (TPSA) is 78.1 Å². The Bertz CT molecular complexity index is 753. The summed E-state index contributed by atoms with van der Waals surface area (Å²) in [6.07, 6.45) is 4.29. The van der Waals surface area contributed by atoms with Crippen LogP contribution >= 0.6 is 0 Å². The SMILES string of the molecule is C=CC(=O)N1[C@@H](C)CC[C@H]1C(=O)Nc1cn[nH]c1-c1ccccc1. The van der Waals surface area contributed by atoms with Crippen molar-refractivity contribution in [2.24, 2.45) is 0 Å². The van der Waals surface area contributed by atoms with Gasteiger partial charge >= 0.3 is 0 Å². The van der Waals surface area contributed by atoms with E-state index in [-0.39, 0.29) is 17.9 Å². The second kappa shape index (κ2) is 6.70. The summed E-state index contributed by atoms with van der Waals surface area (Å²) in [6, 6.07) is 9.20. The Morgan fingerprint density at radius 2 is 2.08 bits per heavy atom. The minimum atomic E-state index is -0.482. The second-order valence-electron chi connectivity index (χ2n) is 5.91. The van der Waals surface area contributed by atoms with Gasteiger partial charge in [-0.2, -0.15) is 5.10 Å². The van der Waals surface area contributed by atoms with Gasteiger partial charge in [-0.1, -0.05) is 36.9 Å². The number of H-pyrrole nitrogens is 1. The maximum absolute atomic E-state index is 12.7. The van der Waals surface area contributed by atoms with Gasteiger partial charge in [0.15, 0.2) is 0 Å². The van der Waals surface area contributed by atoms with Gasteiger partial charge in [0.1, 0.15) is 6.04 Å². The first-order chi connectivity index (χ1) is 11.6. The van der Waals surface area contributed by atoms with E-state index in [0.717, 1.165) is 17.7 Å². The molecular weight excluding hydrogens is 304 g/mol. The zero-order valence-corrected chi connectivity index (χ0v) is 13.5. The Hall–Kier alpha value is -2.89. The molecule has 0 saturated carbocycles. The molecule has 1 aromatic carbocycles. The Labute approximate surface area is 140 Å². The number of hydrogen-bond donors (Lipinski definition) is 2. The van der Waals surface area contributed by atoms with Crippen LogP contribution in [0.25, 0.3) is 11.3 Å². The molecule has 2 amide bonds. The molecule has 2 heterocycles. The monoisotopic (exact) mass is 324 g/mol. The van der Waals surface area contributed by atoms with Crippen LogP contribution in [0.2, 0.25) is 0 Å². The highest BCUT2D eigenvalue weighted by Crippen LogP contribution is 2.28. The van der Waals surface area contributed by atoms with E-state index in [9.17, 15) is 9.59 Å². The normalized spacial score (nSPS) is 20.0. The Morgan fingerprint density at radius 1 is 1.33 bits per heavy atom. The largest absolute Gasteiger partial charge is 0.324 e. The zero-order valence-electron chi connectivity index (χ0n) is 13.5. The fourth-order valence-corrected chi connectivity index (χ4v) is 3.14. The highest BCUT2D eigenvalue weighted by Gasteiger charge is 2.38. The molecule has 6 nitrogen and oxygen atoms in total. The number of anilines is 1. The second-order valence-corrected chi connectivity index (χ2v) is 5.91. The van der Waals surface area contributed by atoms with Crippen LogP contribution in [0.5, 0.6) is 0 Å². The molecule has 1 aliphatic heterocycles. The van der Waals surface area contributed by atoms with Crippen molar-refractivity contribution >= 4 is 17.5 Å². The molecule has 2 atom stereocenters. The zero-order chi connectivity index (χ0) is 17.1. The lowest BCUT2D eigenvalue weighted by Gasteiger charge is -2.26. The third kappa shape index (κ3) is 2.95. The highest BCUT2D eigenvalue weighted by atomic mass is 16.2. The van der Waals surface area contributed by atoms with Crippen LogP contribution in [0.4, 0.5) is 5.69 Å². The number of carbonyl (C=O) groups is 2. The molecule has 1 saturated heterocycles. The van der Waals surface area contributed by atoms with Gasteiger partial charge in [-0.05, 0) is 25.8 Å². The molecule has 2 aromatic rings. The number of likely N-dealkylation sites (tertiary alicyclic amines) is 1. The Kier molecular flexibility index (Phi) is 4.46. The van der Waals surface area contributed by atoms with Crippen LogP contribution in [0.1, 0.15) is 19.8 Å². The molecule has 0 aliphatic carbocycles. The number of carbonyl (C=O) groups excluding carboxylic acids is 2. The van der Waals surface area contributed by atoms with Crippen molar-refractivity contribution in [3.8, 4) is 11.3 Å². The van der Waals surface area contributed by atoms with E-state index in [1.165, 1.54) is 6.08 Å². The molecule has 0 spiro atoms. The summed E-state index contributed by atoms with van der Waals surface area (Å²) in [5.41, 5.74) is 2.29. The fourth-order valence-electron chi connectivity index (χ4n) is 3.14. The molecule has 0 unspecified atom stereocenters. The summed E-state index contributed by atoms with van der Waals surface area (Å²) in [7, 11) is 0. The van der Waals surface area contributed by atoms with E-state index in [1.54, 1.807) is 11.1 Å². The van der Waals surface area contributed by atoms with E-state index < -0.39 is 6.04 Å². The van der Waals surface area contributed by atoms with Crippen molar-refractivity contribution in [1.82, 2.24) is 15.1 Å². The first kappa shape index (κ1) is 16.0. The predicted octanol–water partition coefficient (Wildman–Crippen LogP) is 2.58. The highest BCUT2D eigenvalue weighted by molar-refractivity contribution is 6.01. The van der Waals surface area contributed by atoms with Gasteiger partial charge in [-0.3, -0.25) is 14.7 Å². The Morgan fingerprint density at radius 3 is 2.79 bits per heavy atom. The van der Waals surface area contributed by atoms with Gasteiger partial charge in [0.2, 0.25) is 11.8 Å². The first-order valence-electron chi connectivity index (χ1n) is 7.96. The average molecular weight is 324 g/mol. The number of rotatable bonds is 4. The van der Waals surface area contributed by atoms with Gasteiger partial charge in [0, 0.05) is 11.6 Å². The number of aromatic amines is 1. The van der Waals surface area contributed by atoms with Crippen LogP contribution in [-0.4, -0.2) is 39.0 Å². The van der Waals surface area contributed by atoms with Crippen LogP contribution in [0.3, 0.4) is 0 Å². The summed E-state index contributed by atoms with van der Waals surface area (Å²) in [4.78, 5) is 26.3. The summed E-state index contributed by atoms with van der Waals surface area (Å²) >= 11 is 0. The van der Waals surface area contributed by atoms with Crippen molar-refractivity contribution in [3.63, 3.8) is 0 Å². The maximum atomic E-state index is 12.7. The predicted molar refractivity (Wildman–Crippen MR) is 92.2 cm³/mol. The molecule has 2 N–H and O–H groups in total. The lowest BCUT2D eigenvalue weighted by atomic mass is 10.1. The number of amides is 2. The van der Waals surface area contributed by atoms with Gasteiger partial charge < -0.3 is 10.2 Å². The van der Waals surface area contributed by atoms with E-state index in [0.29, 0.717) is 12.1 Å². The smallest absolute Gasteiger partial charge is 0.247 e. The van der Waals surface area contributed by atoms with Gasteiger partial charge in [0.05, 0.1) is 17.6 Å². The van der Waals surface area contributed by atoms with Crippen molar-refractivity contribution in [2.75, 3.05) is 5.32 Å². The molecule has 1 aromatic heterocycles. The van der Waals surface area contributed by atoms with Crippen LogP contribution in [0.15, 0.2) is 49.2 Å². The van der Waals surface area contributed by atoms with Gasteiger partial charge in [-0.15, -0.1) is 0 Å². The van der Waals surface area contributed by atoms with Crippen molar-refractivity contribution in [3.05, 3.63) is 49.2 Å². The third-order valence-corrected chi connectivity index (χ3v) is 4.36. The minimum absolute atomic E-state index is 0.0317. The van der Waals surface area contributed by atoms with Crippen LogP contribution in [0, 0.1) is 0 Å². The molecule has 6 heteroatoms. The number of nitrogens with one attached hydrogen (secondary N) is 2. The number of nitrogens with zero attached hydrogens (tertiary/aromatic N) is 2. The van der Waals surface area contributed by atoms with Crippen molar-refractivity contribution in [2.45, 2.75) is 31.8 Å². The third-order valence-electron chi connectivity index (χ3n) is 4.36. The molecule has 124 valence electrons. The molecule has 0 bridgehead atoms. The fraction of sp³-hybridized carbons (Fsp3) is 0.278. The molecule has 24 heavy (non-hydrogen) atoms. The maximum Gasteiger partial charge on any atom is 0.247 e. The molecule has 0 radical (unpaired) electrons. The number of hydrogen-bond acceptors (Lipinski definition) is 3.